The molecule has 2 N–H and O–H groups in total. The molecule has 0 amide bonds. The standard InChI is InChI=1S/C11H19N3O/c1-8(2)4-5-9(3)13-10-6-11(15)14-12-7-10/h6-9H,4-5H2,1-3H3,(H2,13,14,15). The van der Waals surface area contributed by atoms with Crippen molar-refractivity contribution in [3.8, 4) is 0 Å². The predicted molar refractivity (Wildman–Crippen MR) is 62.0 cm³/mol. The minimum absolute atomic E-state index is 0.170. The van der Waals surface area contributed by atoms with Gasteiger partial charge in [0.2, 0.25) is 0 Å². The number of rotatable bonds is 5. The molecule has 4 nitrogen and oxygen atoms in total. The molecule has 1 atom stereocenters. The molecule has 1 unspecified atom stereocenters. The summed E-state index contributed by atoms with van der Waals surface area (Å²) in [5, 5.41) is 9.34. The molecule has 0 aliphatic heterocycles. The van der Waals surface area contributed by atoms with E-state index in [2.05, 4.69) is 36.3 Å². The van der Waals surface area contributed by atoms with Crippen molar-refractivity contribution in [3.63, 3.8) is 0 Å². The van der Waals surface area contributed by atoms with Crippen molar-refractivity contribution in [2.75, 3.05) is 5.32 Å². The van der Waals surface area contributed by atoms with E-state index >= 15 is 0 Å². The Morgan fingerprint density at radius 3 is 2.73 bits per heavy atom. The molecule has 0 aliphatic rings. The Morgan fingerprint density at radius 1 is 1.40 bits per heavy atom. The van der Waals surface area contributed by atoms with Crippen LogP contribution in [-0.2, 0) is 0 Å². The van der Waals surface area contributed by atoms with Crippen molar-refractivity contribution >= 4 is 5.69 Å². The Kier molecular flexibility index (Phi) is 4.34. The first-order valence-electron chi connectivity index (χ1n) is 5.39. The molecule has 0 radical (unpaired) electrons. The highest BCUT2D eigenvalue weighted by molar-refractivity contribution is 5.39. The Labute approximate surface area is 90.1 Å². The number of nitrogens with zero attached hydrogens (tertiary/aromatic N) is 1. The van der Waals surface area contributed by atoms with Gasteiger partial charge in [0.25, 0.3) is 5.56 Å². The number of aromatic nitrogens is 2. The second-order valence-corrected chi connectivity index (χ2v) is 4.35. The molecule has 1 heterocycles. The molecule has 0 fully saturated rings. The molecule has 15 heavy (non-hydrogen) atoms. The van der Waals surface area contributed by atoms with Crippen LogP contribution in [0.15, 0.2) is 17.1 Å². The number of hydrogen-bond acceptors (Lipinski definition) is 3. The van der Waals surface area contributed by atoms with Crippen molar-refractivity contribution in [2.24, 2.45) is 5.92 Å². The van der Waals surface area contributed by atoms with E-state index in [1.165, 1.54) is 12.5 Å². The van der Waals surface area contributed by atoms with Crippen LogP contribution in [0.5, 0.6) is 0 Å². The summed E-state index contributed by atoms with van der Waals surface area (Å²) < 4.78 is 0. The summed E-state index contributed by atoms with van der Waals surface area (Å²) >= 11 is 0. The van der Waals surface area contributed by atoms with Crippen molar-refractivity contribution < 1.29 is 0 Å². The first-order valence-corrected chi connectivity index (χ1v) is 5.39. The third kappa shape index (κ3) is 4.63. The maximum atomic E-state index is 11.0. The Hall–Kier alpha value is -1.32. The molecule has 1 aromatic rings. The molecule has 0 spiro atoms. The number of hydrogen-bond donors (Lipinski definition) is 2. The molecular formula is C11H19N3O. The van der Waals surface area contributed by atoms with Crippen LogP contribution in [0.4, 0.5) is 5.69 Å². The van der Waals surface area contributed by atoms with Gasteiger partial charge in [-0.25, -0.2) is 5.10 Å². The lowest BCUT2D eigenvalue weighted by Gasteiger charge is -2.15. The zero-order valence-electron chi connectivity index (χ0n) is 9.58. The summed E-state index contributed by atoms with van der Waals surface area (Å²) in [7, 11) is 0. The molecule has 0 aromatic carbocycles. The lowest BCUT2D eigenvalue weighted by Crippen LogP contribution is -2.18. The molecule has 84 valence electrons. The third-order valence-corrected chi connectivity index (χ3v) is 2.26. The zero-order valence-corrected chi connectivity index (χ0v) is 9.58. The number of nitrogens with one attached hydrogen (secondary N) is 2. The second kappa shape index (κ2) is 5.53. The van der Waals surface area contributed by atoms with E-state index in [1.807, 2.05) is 0 Å². The largest absolute Gasteiger partial charge is 0.381 e. The van der Waals surface area contributed by atoms with Gasteiger partial charge < -0.3 is 5.32 Å². The SMILES string of the molecule is CC(C)CCC(C)Nc1cn[nH]c(=O)c1. The molecule has 4 heteroatoms. The normalized spacial score (nSPS) is 12.8. The highest BCUT2D eigenvalue weighted by atomic mass is 16.1. The van der Waals surface area contributed by atoms with Gasteiger partial charge in [-0.05, 0) is 25.7 Å². The van der Waals surface area contributed by atoms with Gasteiger partial charge in [-0.2, -0.15) is 5.10 Å². The minimum atomic E-state index is -0.170. The van der Waals surface area contributed by atoms with Crippen LogP contribution in [0.1, 0.15) is 33.6 Å². The number of aromatic amines is 1. The van der Waals surface area contributed by atoms with Gasteiger partial charge in [-0.1, -0.05) is 13.8 Å². The maximum Gasteiger partial charge on any atom is 0.266 e. The van der Waals surface area contributed by atoms with Crippen LogP contribution < -0.4 is 10.9 Å². The van der Waals surface area contributed by atoms with Crippen LogP contribution in [0.3, 0.4) is 0 Å². The van der Waals surface area contributed by atoms with E-state index in [1.54, 1.807) is 6.20 Å². The summed E-state index contributed by atoms with van der Waals surface area (Å²) in [5.41, 5.74) is 0.617. The van der Waals surface area contributed by atoms with Crippen LogP contribution in [0.2, 0.25) is 0 Å². The quantitative estimate of drug-likeness (QED) is 0.780. The van der Waals surface area contributed by atoms with Gasteiger partial charge in [0.1, 0.15) is 0 Å². The summed E-state index contributed by atoms with van der Waals surface area (Å²) in [4.78, 5) is 11.0. The first-order chi connectivity index (χ1) is 7.08. The lowest BCUT2D eigenvalue weighted by molar-refractivity contribution is 0.527. The van der Waals surface area contributed by atoms with Gasteiger partial charge in [0.15, 0.2) is 0 Å². The molecule has 1 aromatic heterocycles. The summed E-state index contributed by atoms with van der Waals surface area (Å²) in [6, 6.07) is 1.90. The average Bonchev–Trinajstić information content (AvgIpc) is 2.15. The van der Waals surface area contributed by atoms with Gasteiger partial charge in [-0.3, -0.25) is 4.79 Å². The average molecular weight is 209 g/mol. The van der Waals surface area contributed by atoms with Crippen molar-refractivity contribution in [3.05, 3.63) is 22.6 Å². The van der Waals surface area contributed by atoms with E-state index in [0.717, 1.165) is 12.1 Å². The summed E-state index contributed by atoms with van der Waals surface area (Å²) in [5.74, 6) is 0.714. The molecule has 0 bridgehead atoms. The first kappa shape index (κ1) is 11.8. The van der Waals surface area contributed by atoms with E-state index in [0.29, 0.717) is 12.0 Å². The fourth-order valence-corrected chi connectivity index (χ4v) is 1.40. The Morgan fingerprint density at radius 2 is 2.13 bits per heavy atom. The molecular weight excluding hydrogens is 190 g/mol. The van der Waals surface area contributed by atoms with E-state index < -0.39 is 0 Å². The van der Waals surface area contributed by atoms with Crippen molar-refractivity contribution in [1.29, 1.82) is 0 Å². The molecule has 0 saturated heterocycles. The van der Waals surface area contributed by atoms with Gasteiger partial charge in [0.05, 0.1) is 11.9 Å². The van der Waals surface area contributed by atoms with Crippen LogP contribution in [0.25, 0.3) is 0 Å². The maximum absolute atomic E-state index is 11.0. The Bertz CT molecular complexity index is 346. The van der Waals surface area contributed by atoms with E-state index in [9.17, 15) is 4.79 Å². The minimum Gasteiger partial charge on any atom is -0.381 e. The predicted octanol–water partition coefficient (Wildman–Crippen LogP) is 2.01. The second-order valence-electron chi connectivity index (χ2n) is 4.35. The van der Waals surface area contributed by atoms with Gasteiger partial charge in [0, 0.05) is 12.1 Å². The highest BCUT2D eigenvalue weighted by Gasteiger charge is 2.03. The number of anilines is 1. The van der Waals surface area contributed by atoms with Crippen molar-refractivity contribution in [1.82, 2.24) is 10.2 Å². The fraction of sp³-hybridized carbons (Fsp3) is 0.636. The summed E-state index contributed by atoms with van der Waals surface area (Å²) in [6.45, 7) is 6.53. The smallest absolute Gasteiger partial charge is 0.266 e. The molecule has 1 rings (SSSR count). The monoisotopic (exact) mass is 209 g/mol. The van der Waals surface area contributed by atoms with Crippen molar-refractivity contribution in [2.45, 2.75) is 39.7 Å². The molecule has 0 aliphatic carbocycles. The van der Waals surface area contributed by atoms with E-state index in [-0.39, 0.29) is 5.56 Å². The topological polar surface area (TPSA) is 57.8 Å². The highest BCUT2D eigenvalue weighted by Crippen LogP contribution is 2.10. The molecule has 0 saturated carbocycles. The van der Waals surface area contributed by atoms with E-state index in [4.69, 9.17) is 0 Å². The number of H-pyrrole nitrogens is 1. The van der Waals surface area contributed by atoms with Crippen LogP contribution in [0, 0.1) is 5.92 Å². The van der Waals surface area contributed by atoms with Gasteiger partial charge in [-0.15, -0.1) is 0 Å². The fourth-order valence-electron chi connectivity index (χ4n) is 1.40. The Balaban J connectivity index is 2.44. The third-order valence-electron chi connectivity index (χ3n) is 2.26. The van der Waals surface area contributed by atoms with Gasteiger partial charge >= 0.3 is 0 Å². The summed E-state index contributed by atoms with van der Waals surface area (Å²) in [6.07, 6.45) is 3.92. The zero-order chi connectivity index (χ0) is 11.3. The lowest BCUT2D eigenvalue weighted by atomic mass is 10.0. The van der Waals surface area contributed by atoms with Crippen LogP contribution >= 0.6 is 0 Å². The van der Waals surface area contributed by atoms with Crippen LogP contribution in [-0.4, -0.2) is 16.2 Å².